The number of hydrogen-bond acceptors (Lipinski definition) is 2. The first-order valence-electron chi connectivity index (χ1n) is 8.58. The van der Waals surface area contributed by atoms with Crippen LogP contribution < -0.4 is 0 Å². The molecule has 0 bridgehead atoms. The fraction of sp³-hybridized carbons (Fsp3) is 0.238. The number of nitrogens with one attached hydrogen (secondary N) is 1. The maximum Gasteiger partial charge on any atom is 0.223 e. The molecule has 1 N–H and O–H groups in total. The van der Waals surface area contributed by atoms with Gasteiger partial charge in [0.25, 0.3) is 0 Å². The van der Waals surface area contributed by atoms with Gasteiger partial charge in [-0.05, 0) is 30.2 Å². The van der Waals surface area contributed by atoms with Crippen LogP contribution in [-0.4, -0.2) is 27.8 Å². The Morgan fingerprint density at radius 2 is 1.77 bits per heavy atom. The van der Waals surface area contributed by atoms with Crippen molar-refractivity contribution in [3.05, 3.63) is 88.5 Å². The minimum Gasteiger partial charge on any atom is -0.345 e. The second kappa shape index (κ2) is 8.19. The van der Waals surface area contributed by atoms with Crippen LogP contribution in [0.5, 0.6) is 0 Å². The zero-order valence-corrected chi connectivity index (χ0v) is 15.7. The van der Waals surface area contributed by atoms with Crippen LogP contribution in [0.3, 0.4) is 0 Å². The highest BCUT2D eigenvalue weighted by atomic mass is 35.5. The second-order valence-electron chi connectivity index (χ2n) is 6.48. The molecule has 1 amide bonds. The van der Waals surface area contributed by atoms with Crippen molar-refractivity contribution >= 4 is 17.5 Å². The average molecular weight is 368 g/mol. The van der Waals surface area contributed by atoms with Crippen LogP contribution in [0, 0.1) is 6.92 Å². The Hall–Kier alpha value is -2.59. The van der Waals surface area contributed by atoms with Gasteiger partial charge in [-0.15, -0.1) is 0 Å². The summed E-state index contributed by atoms with van der Waals surface area (Å²) in [5, 5.41) is 0.692. The molecule has 3 rings (SSSR count). The van der Waals surface area contributed by atoms with Crippen molar-refractivity contribution in [3.8, 4) is 0 Å². The lowest BCUT2D eigenvalue weighted by Gasteiger charge is -2.22. The number of carbonyl (C=O) groups is 1. The molecule has 1 heterocycles. The second-order valence-corrected chi connectivity index (χ2v) is 6.92. The van der Waals surface area contributed by atoms with Crippen LogP contribution in [0.1, 0.15) is 35.0 Å². The molecule has 0 spiro atoms. The summed E-state index contributed by atoms with van der Waals surface area (Å²) in [6.07, 6.45) is 2.16. The van der Waals surface area contributed by atoms with Gasteiger partial charge in [0.05, 0.1) is 6.54 Å². The number of imidazole rings is 1. The van der Waals surface area contributed by atoms with Crippen LogP contribution in [-0.2, 0) is 11.3 Å². The largest absolute Gasteiger partial charge is 0.345 e. The van der Waals surface area contributed by atoms with Gasteiger partial charge in [-0.3, -0.25) is 4.79 Å². The predicted molar refractivity (Wildman–Crippen MR) is 104 cm³/mol. The minimum absolute atomic E-state index is 0.0123. The highest BCUT2D eigenvalue weighted by Gasteiger charge is 2.21. The lowest BCUT2D eigenvalue weighted by Crippen LogP contribution is -2.28. The third kappa shape index (κ3) is 4.52. The molecule has 2 aromatic carbocycles. The van der Waals surface area contributed by atoms with Crippen LogP contribution in [0.25, 0.3) is 0 Å². The Morgan fingerprint density at radius 3 is 2.38 bits per heavy atom. The third-order valence-electron chi connectivity index (χ3n) is 4.42. The first-order valence-corrected chi connectivity index (χ1v) is 8.95. The molecule has 1 atom stereocenters. The molecule has 0 saturated carbocycles. The Kier molecular flexibility index (Phi) is 5.74. The van der Waals surface area contributed by atoms with Gasteiger partial charge >= 0.3 is 0 Å². The van der Waals surface area contributed by atoms with Crippen molar-refractivity contribution in [2.24, 2.45) is 0 Å². The molecule has 134 valence electrons. The summed E-state index contributed by atoms with van der Waals surface area (Å²) in [5.74, 6) is 0.853. The van der Waals surface area contributed by atoms with Crippen molar-refractivity contribution < 1.29 is 4.79 Å². The van der Waals surface area contributed by atoms with Gasteiger partial charge in [-0.2, -0.15) is 0 Å². The van der Waals surface area contributed by atoms with Gasteiger partial charge in [0.15, 0.2) is 0 Å². The average Bonchev–Trinajstić information content (AvgIpc) is 3.06. The third-order valence-corrected chi connectivity index (χ3v) is 4.67. The maximum atomic E-state index is 12.8. The summed E-state index contributed by atoms with van der Waals surface area (Å²) in [6.45, 7) is 2.42. The molecule has 5 heteroatoms. The number of aryl methyl sites for hydroxylation is 1. The number of aromatic nitrogens is 2. The van der Waals surface area contributed by atoms with Crippen molar-refractivity contribution in [3.63, 3.8) is 0 Å². The number of nitrogens with zero attached hydrogens (tertiary/aromatic N) is 2. The van der Waals surface area contributed by atoms with Crippen molar-refractivity contribution in [2.75, 3.05) is 7.05 Å². The Morgan fingerprint density at radius 1 is 1.12 bits per heavy atom. The zero-order valence-electron chi connectivity index (χ0n) is 14.9. The molecule has 0 aliphatic carbocycles. The molecular formula is C21H22ClN3O. The number of carbonyl (C=O) groups excluding carboxylic acids is 1. The van der Waals surface area contributed by atoms with E-state index in [0.29, 0.717) is 18.0 Å². The normalized spacial score (nSPS) is 12.0. The van der Waals surface area contributed by atoms with E-state index >= 15 is 0 Å². The van der Waals surface area contributed by atoms with E-state index in [1.807, 2.05) is 56.4 Å². The zero-order chi connectivity index (χ0) is 18.5. The predicted octanol–water partition coefficient (Wildman–Crippen LogP) is 4.55. The summed E-state index contributed by atoms with van der Waals surface area (Å²) in [4.78, 5) is 22.0. The molecule has 26 heavy (non-hydrogen) atoms. The van der Waals surface area contributed by atoms with Gasteiger partial charge < -0.3 is 9.88 Å². The Labute approximate surface area is 158 Å². The van der Waals surface area contributed by atoms with Crippen LogP contribution >= 0.6 is 11.6 Å². The first kappa shape index (κ1) is 18.2. The molecule has 3 aromatic rings. The number of halogens is 1. The molecule has 0 aliphatic heterocycles. The molecule has 0 fully saturated rings. The molecule has 4 nitrogen and oxygen atoms in total. The van der Waals surface area contributed by atoms with Crippen molar-refractivity contribution in [1.82, 2.24) is 14.9 Å². The molecular weight excluding hydrogens is 346 g/mol. The maximum absolute atomic E-state index is 12.8. The number of benzene rings is 2. The summed E-state index contributed by atoms with van der Waals surface area (Å²) in [6, 6.07) is 17.8. The first-order chi connectivity index (χ1) is 12.5. The highest BCUT2D eigenvalue weighted by molar-refractivity contribution is 6.30. The summed E-state index contributed by atoms with van der Waals surface area (Å²) in [7, 11) is 1.81. The fourth-order valence-electron chi connectivity index (χ4n) is 3.00. The van der Waals surface area contributed by atoms with E-state index in [1.165, 1.54) is 0 Å². The molecule has 0 radical (unpaired) electrons. The van der Waals surface area contributed by atoms with Crippen molar-refractivity contribution in [2.45, 2.75) is 25.8 Å². The monoisotopic (exact) mass is 367 g/mol. The van der Waals surface area contributed by atoms with E-state index in [1.54, 1.807) is 11.1 Å². The van der Waals surface area contributed by atoms with Gasteiger partial charge in [0.2, 0.25) is 5.91 Å². The van der Waals surface area contributed by atoms with E-state index < -0.39 is 0 Å². The summed E-state index contributed by atoms with van der Waals surface area (Å²) < 4.78 is 0. The van der Waals surface area contributed by atoms with E-state index in [-0.39, 0.29) is 11.8 Å². The fourth-order valence-corrected chi connectivity index (χ4v) is 3.13. The van der Waals surface area contributed by atoms with Crippen LogP contribution in [0.2, 0.25) is 5.02 Å². The van der Waals surface area contributed by atoms with Gasteiger partial charge in [-0.25, -0.2) is 4.98 Å². The van der Waals surface area contributed by atoms with Gasteiger partial charge in [0, 0.05) is 36.3 Å². The smallest absolute Gasteiger partial charge is 0.223 e. The Balaban J connectivity index is 1.78. The van der Waals surface area contributed by atoms with Gasteiger partial charge in [0.1, 0.15) is 5.82 Å². The van der Waals surface area contributed by atoms with E-state index in [9.17, 15) is 4.79 Å². The molecule has 1 aromatic heterocycles. The van der Waals surface area contributed by atoms with E-state index in [0.717, 1.165) is 22.6 Å². The lowest BCUT2D eigenvalue weighted by molar-refractivity contribution is -0.130. The quantitative estimate of drug-likeness (QED) is 0.694. The van der Waals surface area contributed by atoms with Gasteiger partial charge in [-0.1, -0.05) is 54.1 Å². The van der Waals surface area contributed by atoms with E-state index in [4.69, 9.17) is 11.6 Å². The highest BCUT2D eigenvalue weighted by Crippen LogP contribution is 2.29. The lowest BCUT2D eigenvalue weighted by atomic mass is 9.88. The van der Waals surface area contributed by atoms with E-state index in [2.05, 4.69) is 22.1 Å². The topological polar surface area (TPSA) is 49.0 Å². The summed E-state index contributed by atoms with van der Waals surface area (Å²) >= 11 is 6.03. The number of aromatic amines is 1. The Bertz CT molecular complexity index is 858. The number of hydrogen-bond donors (Lipinski definition) is 1. The minimum atomic E-state index is -0.0123. The number of amides is 1. The molecule has 0 aliphatic rings. The summed E-state index contributed by atoms with van der Waals surface area (Å²) in [5.41, 5.74) is 3.19. The SMILES string of the molecule is Cc1cnc(CN(C)C(=O)C[C@H](c2ccccc2)c2ccc(Cl)cc2)[nH]1. The standard InChI is InChI=1S/C21H22ClN3O/c1-15-13-23-20(24-15)14-25(2)21(26)12-19(16-6-4-3-5-7-16)17-8-10-18(22)11-9-17/h3-11,13,19H,12,14H2,1-2H3,(H,23,24)/t19-/m1/s1. The van der Waals surface area contributed by atoms with Crippen LogP contribution in [0.15, 0.2) is 60.8 Å². The van der Waals surface area contributed by atoms with Crippen LogP contribution in [0.4, 0.5) is 0 Å². The van der Waals surface area contributed by atoms with Crippen molar-refractivity contribution in [1.29, 1.82) is 0 Å². The number of rotatable bonds is 6. The number of H-pyrrole nitrogens is 1. The molecule has 0 unspecified atom stereocenters. The molecule has 0 saturated heterocycles.